The van der Waals surface area contributed by atoms with Crippen molar-refractivity contribution < 1.29 is 23.3 Å². The quantitative estimate of drug-likeness (QED) is 0.295. The number of hydrogen-bond acceptors (Lipinski definition) is 7. The number of nitrogens with zero attached hydrogens (tertiary/aromatic N) is 1. The predicted octanol–water partition coefficient (Wildman–Crippen LogP) is 5.76. The van der Waals surface area contributed by atoms with Crippen molar-refractivity contribution in [1.29, 1.82) is 0 Å². The molecule has 0 amide bonds. The van der Waals surface area contributed by atoms with Gasteiger partial charge in [-0.15, -0.1) is 0 Å². The highest BCUT2D eigenvalue weighted by atomic mass is 31.2. The molecule has 0 bridgehead atoms. The van der Waals surface area contributed by atoms with Crippen LogP contribution in [0, 0.1) is 10.1 Å². The Hall–Kier alpha value is -2.41. The molecule has 0 aromatic heterocycles. The molecule has 29 heavy (non-hydrogen) atoms. The van der Waals surface area contributed by atoms with Crippen molar-refractivity contribution in [2.24, 2.45) is 0 Å². The summed E-state index contributed by atoms with van der Waals surface area (Å²) >= 11 is 0. The van der Waals surface area contributed by atoms with Gasteiger partial charge >= 0.3 is 7.60 Å². The third-order valence-electron chi connectivity index (χ3n) is 3.82. The highest BCUT2D eigenvalue weighted by Gasteiger charge is 2.40. The van der Waals surface area contributed by atoms with Gasteiger partial charge in [-0.3, -0.25) is 14.7 Å². The van der Waals surface area contributed by atoms with Crippen LogP contribution >= 0.6 is 7.60 Å². The zero-order valence-corrected chi connectivity index (χ0v) is 18.1. The third kappa shape index (κ3) is 6.29. The first-order valence-electron chi connectivity index (χ1n) is 9.26. The maximum atomic E-state index is 13.8. The standard InChI is InChI=1S/C20H27N2O6P/c1-14(2)27-29(25,28-15(3)4)20(16-7-6-8-18(13-16)22(23)24)21-17-9-11-19(26-5)12-10-17/h6-15,20-21H,1-5H3. The molecule has 1 atom stereocenters. The number of nitro groups is 1. The van der Waals surface area contributed by atoms with E-state index in [1.54, 1.807) is 71.2 Å². The molecule has 0 radical (unpaired) electrons. The largest absolute Gasteiger partial charge is 0.497 e. The zero-order chi connectivity index (χ0) is 21.6. The van der Waals surface area contributed by atoms with E-state index in [-0.39, 0.29) is 17.9 Å². The molecule has 2 aromatic carbocycles. The summed E-state index contributed by atoms with van der Waals surface area (Å²) in [5.74, 6) is -0.275. The highest BCUT2D eigenvalue weighted by molar-refractivity contribution is 7.54. The summed E-state index contributed by atoms with van der Waals surface area (Å²) in [4.78, 5) is 10.8. The molecule has 2 aromatic rings. The van der Waals surface area contributed by atoms with Gasteiger partial charge in [0.25, 0.3) is 5.69 Å². The first-order valence-corrected chi connectivity index (χ1v) is 10.9. The minimum absolute atomic E-state index is 0.107. The van der Waals surface area contributed by atoms with Crippen LogP contribution in [0.25, 0.3) is 0 Å². The van der Waals surface area contributed by atoms with Crippen LogP contribution in [0.15, 0.2) is 48.5 Å². The van der Waals surface area contributed by atoms with Gasteiger partial charge < -0.3 is 19.1 Å². The molecule has 1 unspecified atom stereocenters. The van der Waals surface area contributed by atoms with Gasteiger partial charge in [0.05, 0.1) is 24.2 Å². The van der Waals surface area contributed by atoms with Crippen molar-refractivity contribution in [3.8, 4) is 5.75 Å². The van der Waals surface area contributed by atoms with E-state index in [1.165, 1.54) is 12.1 Å². The molecule has 0 aliphatic heterocycles. The molecular weight excluding hydrogens is 395 g/mol. The molecular formula is C20H27N2O6P. The van der Waals surface area contributed by atoms with Gasteiger partial charge in [0.15, 0.2) is 5.78 Å². The van der Waals surface area contributed by atoms with Crippen molar-refractivity contribution in [2.75, 3.05) is 12.4 Å². The van der Waals surface area contributed by atoms with E-state index < -0.39 is 18.3 Å². The Kier molecular flexibility index (Phi) is 7.79. The number of rotatable bonds is 10. The number of benzene rings is 2. The van der Waals surface area contributed by atoms with E-state index in [2.05, 4.69) is 5.32 Å². The summed E-state index contributed by atoms with van der Waals surface area (Å²) in [7, 11) is -2.20. The smallest absolute Gasteiger partial charge is 0.357 e. The molecule has 0 saturated carbocycles. The Balaban J connectivity index is 2.54. The fourth-order valence-corrected chi connectivity index (χ4v) is 5.03. The summed E-state index contributed by atoms with van der Waals surface area (Å²) in [5, 5.41) is 14.4. The van der Waals surface area contributed by atoms with E-state index in [1.807, 2.05) is 0 Å². The Morgan fingerprint density at radius 2 is 1.59 bits per heavy atom. The van der Waals surface area contributed by atoms with Crippen molar-refractivity contribution in [2.45, 2.75) is 45.7 Å². The van der Waals surface area contributed by atoms with Crippen molar-refractivity contribution in [1.82, 2.24) is 0 Å². The molecule has 0 heterocycles. The Bertz CT molecular complexity index is 856. The summed E-state index contributed by atoms with van der Waals surface area (Å²) in [6.07, 6.45) is -0.753. The first-order chi connectivity index (χ1) is 13.6. The fourth-order valence-electron chi connectivity index (χ4n) is 2.73. The van der Waals surface area contributed by atoms with Gasteiger partial charge in [-0.2, -0.15) is 0 Å². The molecule has 158 valence electrons. The summed E-state index contributed by atoms with van der Waals surface area (Å²) in [5.41, 5.74) is 0.964. The van der Waals surface area contributed by atoms with Gasteiger partial charge in [0.1, 0.15) is 5.75 Å². The highest BCUT2D eigenvalue weighted by Crippen LogP contribution is 2.62. The Morgan fingerprint density at radius 1 is 1.00 bits per heavy atom. The molecule has 0 aliphatic rings. The second-order valence-corrected chi connectivity index (χ2v) is 8.99. The number of ether oxygens (including phenoxy) is 1. The summed E-state index contributed by atoms with van der Waals surface area (Å²) in [6, 6.07) is 13.0. The molecule has 2 rings (SSSR count). The molecule has 1 N–H and O–H groups in total. The molecule has 9 heteroatoms. The van der Waals surface area contributed by atoms with Crippen LogP contribution in [0.4, 0.5) is 11.4 Å². The fraction of sp³-hybridized carbons (Fsp3) is 0.400. The lowest BCUT2D eigenvalue weighted by atomic mass is 10.2. The lowest BCUT2D eigenvalue weighted by Gasteiger charge is -2.31. The van der Waals surface area contributed by atoms with E-state index >= 15 is 0 Å². The van der Waals surface area contributed by atoms with Crippen molar-refractivity contribution in [3.05, 3.63) is 64.2 Å². The van der Waals surface area contributed by atoms with Crippen LogP contribution in [-0.4, -0.2) is 24.2 Å². The number of methoxy groups -OCH3 is 1. The Morgan fingerprint density at radius 3 is 2.07 bits per heavy atom. The number of anilines is 1. The minimum atomic E-state index is -3.76. The summed E-state index contributed by atoms with van der Waals surface area (Å²) in [6.45, 7) is 7.03. The second kappa shape index (κ2) is 9.87. The molecule has 0 saturated heterocycles. The molecule has 8 nitrogen and oxygen atoms in total. The number of hydrogen-bond donors (Lipinski definition) is 1. The van der Waals surface area contributed by atoms with E-state index in [9.17, 15) is 14.7 Å². The maximum Gasteiger partial charge on any atom is 0.357 e. The van der Waals surface area contributed by atoms with E-state index in [4.69, 9.17) is 13.8 Å². The van der Waals surface area contributed by atoms with Gasteiger partial charge in [-0.25, -0.2) is 0 Å². The van der Waals surface area contributed by atoms with Gasteiger partial charge in [-0.1, -0.05) is 12.1 Å². The van der Waals surface area contributed by atoms with Crippen LogP contribution in [0.2, 0.25) is 0 Å². The third-order valence-corrected chi connectivity index (χ3v) is 6.31. The number of nitrogens with one attached hydrogen (secondary N) is 1. The van der Waals surface area contributed by atoms with Gasteiger partial charge in [0.2, 0.25) is 0 Å². The van der Waals surface area contributed by atoms with Crippen LogP contribution in [0.5, 0.6) is 5.75 Å². The Labute approximate surface area is 170 Å². The van der Waals surface area contributed by atoms with Gasteiger partial charge in [-0.05, 0) is 57.5 Å². The topological polar surface area (TPSA) is 99.9 Å². The number of non-ortho nitro benzene ring substituents is 1. The van der Waals surface area contributed by atoms with Crippen LogP contribution in [-0.2, 0) is 13.6 Å². The lowest BCUT2D eigenvalue weighted by Crippen LogP contribution is -2.19. The number of nitro benzene ring substituents is 1. The monoisotopic (exact) mass is 422 g/mol. The molecule has 0 aliphatic carbocycles. The van der Waals surface area contributed by atoms with Crippen molar-refractivity contribution in [3.63, 3.8) is 0 Å². The van der Waals surface area contributed by atoms with Crippen LogP contribution in [0.3, 0.4) is 0 Å². The average Bonchev–Trinajstić information content (AvgIpc) is 2.65. The normalized spacial score (nSPS) is 12.8. The predicted molar refractivity (Wildman–Crippen MR) is 113 cm³/mol. The van der Waals surface area contributed by atoms with E-state index in [0.29, 0.717) is 17.0 Å². The van der Waals surface area contributed by atoms with Crippen LogP contribution < -0.4 is 10.1 Å². The summed E-state index contributed by atoms with van der Waals surface area (Å²) < 4.78 is 30.5. The zero-order valence-electron chi connectivity index (χ0n) is 17.2. The second-order valence-electron chi connectivity index (χ2n) is 6.98. The van der Waals surface area contributed by atoms with Crippen molar-refractivity contribution >= 4 is 19.0 Å². The minimum Gasteiger partial charge on any atom is -0.497 e. The van der Waals surface area contributed by atoms with E-state index in [0.717, 1.165) is 0 Å². The maximum absolute atomic E-state index is 13.8. The van der Waals surface area contributed by atoms with Gasteiger partial charge in [0, 0.05) is 17.8 Å². The molecule has 0 fully saturated rings. The average molecular weight is 422 g/mol. The lowest BCUT2D eigenvalue weighted by molar-refractivity contribution is -0.384. The SMILES string of the molecule is COc1ccc(NC(c2cccc([N+](=O)[O-])c2)P(=O)(OC(C)C)OC(C)C)cc1. The first kappa shape index (κ1) is 22.9. The molecule has 0 spiro atoms. The van der Waals surface area contributed by atoms with Crippen LogP contribution in [0.1, 0.15) is 39.0 Å².